The third-order valence-electron chi connectivity index (χ3n) is 3.90. The molecule has 0 fully saturated rings. The fourth-order valence-electron chi connectivity index (χ4n) is 2.34. The average Bonchev–Trinajstić information content (AvgIpc) is 3.19. The first-order valence-electron chi connectivity index (χ1n) is 8.94. The first-order valence-corrected chi connectivity index (χ1v) is 10.7. The Morgan fingerprint density at radius 1 is 1.24 bits per heavy atom. The van der Waals surface area contributed by atoms with Crippen molar-refractivity contribution < 1.29 is 4.79 Å². The van der Waals surface area contributed by atoms with Crippen LogP contribution >= 0.6 is 23.1 Å². The average molecular weight is 427 g/mol. The van der Waals surface area contributed by atoms with Crippen molar-refractivity contribution in [3.05, 3.63) is 63.6 Å². The number of hydrogen-bond donors (Lipinski definition) is 1. The summed E-state index contributed by atoms with van der Waals surface area (Å²) in [5.74, 6) is 0.244. The van der Waals surface area contributed by atoms with Gasteiger partial charge in [-0.2, -0.15) is 10.4 Å². The number of nitriles is 1. The summed E-state index contributed by atoms with van der Waals surface area (Å²) in [6, 6.07) is 12.2. The van der Waals surface area contributed by atoms with Crippen LogP contribution < -0.4 is 10.9 Å². The van der Waals surface area contributed by atoms with Gasteiger partial charge in [0, 0.05) is 18.4 Å². The lowest BCUT2D eigenvalue weighted by molar-refractivity contribution is 0.101. The molecule has 2 aromatic heterocycles. The Kier molecular flexibility index (Phi) is 7.10. The standard InChI is InChI=1S/C19H18N6O2S2/c1-2-3-10-25-16(26)9-8-15(24-25)17(27)21-18-22-23-19(29-18)28-12-14-6-4-13(11-20)5-7-14/h4-9H,2-3,10,12H2,1H3,(H,21,22,27). The largest absolute Gasteiger partial charge is 0.295 e. The number of aryl methyl sites for hydroxylation is 1. The van der Waals surface area contributed by atoms with Crippen molar-refractivity contribution in [1.29, 1.82) is 5.26 Å². The molecule has 0 aliphatic heterocycles. The third-order valence-corrected chi connectivity index (χ3v) is 5.94. The molecule has 1 amide bonds. The minimum Gasteiger partial charge on any atom is -0.295 e. The Balaban J connectivity index is 1.60. The first kappa shape index (κ1) is 20.7. The van der Waals surface area contributed by atoms with Gasteiger partial charge < -0.3 is 0 Å². The number of thioether (sulfide) groups is 1. The van der Waals surface area contributed by atoms with Crippen molar-refractivity contribution in [1.82, 2.24) is 20.0 Å². The number of anilines is 1. The molecule has 29 heavy (non-hydrogen) atoms. The molecule has 8 nitrogen and oxygen atoms in total. The number of nitrogens with one attached hydrogen (secondary N) is 1. The van der Waals surface area contributed by atoms with Crippen LogP contribution in [0.25, 0.3) is 0 Å². The van der Waals surface area contributed by atoms with Gasteiger partial charge in [0.1, 0.15) is 5.69 Å². The molecule has 0 atom stereocenters. The van der Waals surface area contributed by atoms with Crippen LogP contribution in [0.2, 0.25) is 0 Å². The van der Waals surface area contributed by atoms with Crippen LogP contribution in [0, 0.1) is 11.3 Å². The van der Waals surface area contributed by atoms with E-state index in [1.54, 1.807) is 12.1 Å². The van der Waals surface area contributed by atoms with Gasteiger partial charge in [0.15, 0.2) is 4.34 Å². The molecule has 0 saturated carbocycles. The smallest absolute Gasteiger partial charge is 0.277 e. The molecule has 3 rings (SSSR count). The van der Waals surface area contributed by atoms with Gasteiger partial charge in [-0.3, -0.25) is 14.9 Å². The highest BCUT2D eigenvalue weighted by Crippen LogP contribution is 2.28. The fraction of sp³-hybridized carbons (Fsp3) is 0.263. The molecule has 0 bridgehead atoms. The van der Waals surface area contributed by atoms with E-state index in [1.165, 1.54) is 39.9 Å². The number of aromatic nitrogens is 4. The molecule has 1 aromatic carbocycles. The lowest BCUT2D eigenvalue weighted by Gasteiger charge is -2.05. The second kappa shape index (κ2) is 9.95. The van der Waals surface area contributed by atoms with Crippen LogP contribution in [0.5, 0.6) is 0 Å². The van der Waals surface area contributed by atoms with E-state index in [2.05, 4.69) is 26.7 Å². The quantitative estimate of drug-likeness (QED) is 0.434. The maximum Gasteiger partial charge on any atom is 0.277 e. The van der Waals surface area contributed by atoms with Gasteiger partial charge in [0.25, 0.3) is 11.5 Å². The van der Waals surface area contributed by atoms with Crippen LogP contribution in [-0.2, 0) is 12.3 Å². The van der Waals surface area contributed by atoms with Crippen LogP contribution in [-0.4, -0.2) is 25.9 Å². The number of amides is 1. The van der Waals surface area contributed by atoms with Crippen molar-refractivity contribution in [3.63, 3.8) is 0 Å². The summed E-state index contributed by atoms with van der Waals surface area (Å²) in [6.07, 6.45) is 1.74. The van der Waals surface area contributed by atoms with E-state index >= 15 is 0 Å². The van der Waals surface area contributed by atoms with Crippen LogP contribution in [0.3, 0.4) is 0 Å². The Morgan fingerprint density at radius 3 is 2.76 bits per heavy atom. The van der Waals surface area contributed by atoms with Gasteiger partial charge in [-0.1, -0.05) is 48.6 Å². The molecule has 10 heteroatoms. The normalized spacial score (nSPS) is 10.5. The Labute approximate surface area is 175 Å². The lowest BCUT2D eigenvalue weighted by Crippen LogP contribution is -2.26. The Hall–Kier alpha value is -3.03. The van der Waals surface area contributed by atoms with E-state index in [4.69, 9.17) is 5.26 Å². The molecule has 0 saturated heterocycles. The third kappa shape index (κ3) is 5.73. The first-order chi connectivity index (χ1) is 14.1. The van der Waals surface area contributed by atoms with Gasteiger partial charge in [-0.15, -0.1) is 10.2 Å². The molecule has 3 aromatic rings. The summed E-state index contributed by atoms with van der Waals surface area (Å²) in [7, 11) is 0. The minimum atomic E-state index is -0.435. The van der Waals surface area contributed by atoms with Gasteiger partial charge in [-0.05, 0) is 30.2 Å². The van der Waals surface area contributed by atoms with Gasteiger partial charge in [0.05, 0.1) is 11.6 Å². The Morgan fingerprint density at radius 2 is 2.03 bits per heavy atom. The summed E-state index contributed by atoms with van der Waals surface area (Å²) >= 11 is 2.76. The summed E-state index contributed by atoms with van der Waals surface area (Å²) in [5.41, 5.74) is 1.61. The zero-order valence-electron chi connectivity index (χ0n) is 15.7. The topological polar surface area (TPSA) is 114 Å². The number of unbranched alkanes of at least 4 members (excludes halogenated alkanes) is 1. The summed E-state index contributed by atoms with van der Waals surface area (Å²) < 4.78 is 2.02. The summed E-state index contributed by atoms with van der Waals surface area (Å²) in [4.78, 5) is 24.2. The molecule has 0 spiro atoms. The zero-order chi connectivity index (χ0) is 20.6. The second-order valence-corrected chi connectivity index (χ2v) is 8.26. The number of benzene rings is 1. The van der Waals surface area contributed by atoms with E-state index < -0.39 is 5.91 Å². The van der Waals surface area contributed by atoms with Crippen molar-refractivity contribution in [3.8, 4) is 6.07 Å². The highest BCUT2D eigenvalue weighted by Gasteiger charge is 2.13. The molecule has 0 radical (unpaired) electrons. The predicted octanol–water partition coefficient (Wildman–Crippen LogP) is 3.31. The number of nitrogens with zero attached hydrogens (tertiary/aromatic N) is 5. The molecule has 2 heterocycles. The highest BCUT2D eigenvalue weighted by molar-refractivity contribution is 8.00. The van der Waals surface area contributed by atoms with Crippen molar-refractivity contribution in [2.45, 2.75) is 36.4 Å². The van der Waals surface area contributed by atoms with E-state index in [0.29, 0.717) is 27.3 Å². The summed E-state index contributed by atoms with van der Waals surface area (Å²) in [6.45, 7) is 2.50. The van der Waals surface area contributed by atoms with Crippen LogP contribution in [0.4, 0.5) is 5.13 Å². The maximum absolute atomic E-state index is 12.4. The molecular weight excluding hydrogens is 408 g/mol. The van der Waals surface area contributed by atoms with Gasteiger partial charge >= 0.3 is 0 Å². The molecular formula is C19H18N6O2S2. The van der Waals surface area contributed by atoms with Crippen molar-refractivity contribution in [2.75, 3.05) is 5.32 Å². The number of rotatable bonds is 8. The Bertz CT molecular complexity index is 1090. The molecule has 0 aliphatic carbocycles. The van der Waals surface area contributed by atoms with E-state index in [-0.39, 0.29) is 11.3 Å². The van der Waals surface area contributed by atoms with E-state index in [9.17, 15) is 9.59 Å². The van der Waals surface area contributed by atoms with Gasteiger partial charge in [0.2, 0.25) is 5.13 Å². The fourth-order valence-corrected chi connectivity index (χ4v) is 4.04. The zero-order valence-corrected chi connectivity index (χ0v) is 17.3. The number of carbonyl (C=O) groups is 1. The monoisotopic (exact) mass is 426 g/mol. The van der Waals surface area contributed by atoms with Crippen LogP contribution in [0.1, 0.15) is 41.4 Å². The molecule has 0 unspecified atom stereocenters. The summed E-state index contributed by atoms with van der Waals surface area (Å²) in [5, 5.41) is 24.1. The SMILES string of the molecule is CCCCn1nc(C(=O)Nc2nnc(SCc3ccc(C#N)cc3)s2)ccc1=O. The van der Waals surface area contributed by atoms with Crippen molar-refractivity contribution in [2.24, 2.45) is 0 Å². The highest BCUT2D eigenvalue weighted by atomic mass is 32.2. The van der Waals surface area contributed by atoms with Crippen LogP contribution in [0.15, 0.2) is 45.5 Å². The predicted molar refractivity (Wildman–Crippen MR) is 112 cm³/mol. The molecule has 148 valence electrons. The maximum atomic E-state index is 12.4. The minimum absolute atomic E-state index is 0.155. The number of hydrogen-bond acceptors (Lipinski definition) is 8. The molecule has 0 aliphatic rings. The van der Waals surface area contributed by atoms with Gasteiger partial charge in [-0.25, -0.2) is 4.68 Å². The van der Waals surface area contributed by atoms with Crippen molar-refractivity contribution >= 4 is 34.1 Å². The lowest BCUT2D eigenvalue weighted by atomic mass is 10.2. The second-order valence-electron chi connectivity index (χ2n) is 6.06. The van der Waals surface area contributed by atoms with E-state index in [0.717, 1.165) is 18.4 Å². The van der Waals surface area contributed by atoms with E-state index in [1.807, 2.05) is 19.1 Å². The number of carbonyl (C=O) groups excluding carboxylic acids is 1. The molecule has 1 N–H and O–H groups in total.